The summed E-state index contributed by atoms with van der Waals surface area (Å²) in [7, 11) is 1.41. The molecule has 0 atom stereocenters. The fourth-order valence-electron chi connectivity index (χ4n) is 0.825. The number of phenolic OH excluding ortho intramolecular Hbond substituents is 1. The highest BCUT2D eigenvalue weighted by Crippen LogP contribution is 2.17. The number of nitrogens with one attached hydrogen (secondary N) is 1. The lowest BCUT2D eigenvalue weighted by Gasteiger charge is -2.01. The van der Waals surface area contributed by atoms with Gasteiger partial charge in [-0.2, -0.15) is 0 Å². The van der Waals surface area contributed by atoms with Crippen LogP contribution in [-0.4, -0.2) is 18.1 Å². The van der Waals surface area contributed by atoms with Gasteiger partial charge in [0.15, 0.2) is 0 Å². The Kier molecular flexibility index (Phi) is 2.28. The number of phenols is 1. The van der Waals surface area contributed by atoms with Crippen molar-refractivity contribution >= 4 is 5.91 Å². The van der Waals surface area contributed by atoms with Crippen molar-refractivity contribution in [2.75, 3.05) is 7.05 Å². The van der Waals surface area contributed by atoms with Gasteiger partial charge in [0.25, 0.3) is 5.91 Å². The Morgan fingerprint density at radius 2 is 2.25 bits per heavy atom. The lowest BCUT2D eigenvalue weighted by molar-refractivity contribution is 0.0960. The summed E-state index contributed by atoms with van der Waals surface area (Å²) < 4.78 is 12.6. The molecule has 0 heterocycles. The van der Waals surface area contributed by atoms with Gasteiger partial charge < -0.3 is 10.4 Å². The van der Waals surface area contributed by atoms with Gasteiger partial charge in [-0.25, -0.2) is 4.39 Å². The number of hydrogen-bond donors (Lipinski definition) is 2. The van der Waals surface area contributed by atoms with E-state index >= 15 is 0 Å². The van der Waals surface area contributed by atoms with Crippen molar-refractivity contribution in [1.82, 2.24) is 5.32 Å². The largest absolute Gasteiger partial charge is 0.507 e. The number of halogens is 1. The molecule has 0 radical (unpaired) electrons. The van der Waals surface area contributed by atoms with Gasteiger partial charge in [0.05, 0.1) is 5.56 Å². The van der Waals surface area contributed by atoms with E-state index in [9.17, 15) is 9.18 Å². The van der Waals surface area contributed by atoms with E-state index in [1.54, 1.807) is 0 Å². The van der Waals surface area contributed by atoms with Crippen LogP contribution in [0.4, 0.5) is 4.39 Å². The number of amides is 1. The highest BCUT2D eigenvalue weighted by molar-refractivity contribution is 5.96. The van der Waals surface area contributed by atoms with Gasteiger partial charge in [0.2, 0.25) is 0 Å². The number of carbonyl (C=O) groups excluding carboxylic acids is 1. The number of carbonyl (C=O) groups is 1. The molecule has 0 aliphatic carbocycles. The summed E-state index contributed by atoms with van der Waals surface area (Å²) in [5.74, 6) is -1.28. The fourth-order valence-corrected chi connectivity index (χ4v) is 0.825. The van der Waals surface area contributed by atoms with Crippen LogP contribution in [0.25, 0.3) is 0 Å². The third-order valence-electron chi connectivity index (χ3n) is 1.43. The molecule has 1 aromatic carbocycles. The van der Waals surface area contributed by atoms with E-state index in [0.717, 1.165) is 18.2 Å². The van der Waals surface area contributed by atoms with Gasteiger partial charge >= 0.3 is 0 Å². The van der Waals surface area contributed by atoms with E-state index in [0.29, 0.717) is 0 Å². The van der Waals surface area contributed by atoms with Crippen LogP contribution in [0.1, 0.15) is 10.4 Å². The summed E-state index contributed by atoms with van der Waals surface area (Å²) in [5, 5.41) is 11.4. The number of hydrogen-bond acceptors (Lipinski definition) is 2. The summed E-state index contributed by atoms with van der Waals surface area (Å²) in [5.41, 5.74) is -0.0579. The Balaban J connectivity index is 3.13. The lowest BCUT2D eigenvalue weighted by atomic mass is 10.2. The molecule has 0 saturated heterocycles. The maximum absolute atomic E-state index is 12.6. The molecule has 12 heavy (non-hydrogen) atoms. The number of benzene rings is 1. The number of rotatable bonds is 1. The Bertz CT molecular complexity index is 312. The Hall–Kier alpha value is -1.58. The third-order valence-corrected chi connectivity index (χ3v) is 1.43. The van der Waals surface area contributed by atoms with Crippen molar-refractivity contribution in [1.29, 1.82) is 0 Å². The van der Waals surface area contributed by atoms with Crippen LogP contribution < -0.4 is 5.32 Å². The SMILES string of the molecule is CNC(=O)c1cc(F)ccc1O. The van der Waals surface area contributed by atoms with E-state index in [-0.39, 0.29) is 11.3 Å². The first-order valence-corrected chi connectivity index (χ1v) is 3.35. The topological polar surface area (TPSA) is 49.3 Å². The van der Waals surface area contributed by atoms with Crippen LogP contribution in [0.3, 0.4) is 0 Å². The minimum atomic E-state index is -0.550. The molecule has 1 rings (SSSR count). The molecule has 1 aromatic rings. The summed E-state index contributed by atoms with van der Waals surface area (Å²) >= 11 is 0. The molecule has 3 nitrogen and oxygen atoms in total. The second-order valence-electron chi connectivity index (χ2n) is 2.24. The molecule has 0 unspecified atom stereocenters. The van der Waals surface area contributed by atoms with E-state index in [4.69, 9.17) is 5.11 Å². The minimum Gasteiger partial charge on any atom is -0.507 e. The van der Waals surface area contributed by atoms with Crippen molar-refractivity contribution < 1.29 is 14.3 Å². The number of aromatic hydroxyl groups is 1. The summed E-state index contributed by atoms with van der Waals surface area (Å²) in [6.45, 7) is 0. The van der Waals surface area contributed by atoms with Crippen LogP contribution in [-0.2, 0) is 0 Å². The van der Waals surface area contributed by atoms with Crippen LogP contribution in [0.2, 0.25) is 0 Å². The predicted molar refractivity (Wildman–Crippen MR) is 41.5 cm³/mol. The smallest absolute Gasteiger partial charge is 0.254 e. The molecule has 64 valence electrons. The summed E-state index contributed by atoms with van der Waals surface area (Å²) in [6.07, 6.45) is 0. The third kappa shape index (κ3) is 1.53. The zero-order valence-corrected chi connectivity index (χ0v) is 6.47. The van der Waals surface area contributed by atoms with E-state index in [1.807, 2.05) is 0 Å². The predicted octanol–water partition coefficient (Wildman–Crippen LogP) is 0.891. The van der Waals surface area contributed by atoms with Crippen molar-refractivity contribution in [3.8, 4) is 5.75 Å². The molecule has 1 amide bonds. The lowest BCUT2D eigenvalue weighted by Crippen LogP contribution is -2.17. The molecule has 0 aromatic heterocycles. The first kappa shape index (κ1) is 8.52. The Morgan fingerprint density at radius 3 is 2.83 bits per heavy atom. The van der Waals surface area contributed by atoms with Gasteiger partial charge in [-0.3, -0.25) is 4.79 Å². The molecule has 0 fully saturated rings. The molecule has 0 aliphatic rings. The molecule has 4 heteroatoms. The monoisotopic (exact) mass is 169 g/mol. The minimum absolute atomic E-state index is 0.0579. The second-order valence-corrected chi connectivity index (χ2v) is 2.24. The quantitative estimate of drug-likeness (QED) is 0.655. The maximum atomic E-state index is 12.6. The van der Waals surface area contributed by atoms with Crippen LogP contribution >= 0.6 is 0 Å². The first-order valence-electron chi connectivity index (χ1n) is 3.35. The molecule has 0 bridgehead atoms. The van der Waals surface area contributed by atoms with Crippen LogP contribution in [0.15, 0.2) is 18.2 Å². The Morgan fingerprint density at radius 1 is 1.58 bits per heavy atom. The zero-order chi connectivity index (χ0) is 9.14. The van der Waals surface area contributed by atoms with E-state index in [2.05, 4.69) is 5.32 Å². The summed E-state index contributed by atoms with van der Waals surface area (Å²) in [4.78, 5) is 10.9. The molecular weight excluding hydrogens is 161 g/mol. The van der Waals surface area contributed by atoms with Gasteiger partial charge in [-0.1, -0.05) is 0 Å². The van der Waals surface area contributed by atoms with Crippen LogP contribution in [0.5, 0.6) is 5.75 Å². The highest BCUT2D eigenvalue weighted by atomic mass is 19.1. The average molecular weight is 169 g/mol. The molecule has 0 aliphatic heterocycles. The van der Waals surface area contributed by atoms with Gasteiger partial charge in [0.1, 0.15) is 11.6 Å². The van der Waals surface area contributed by atoms with Crippen molar-refractivity contribution in [3.05, 3.63) is 29.6 Å². The van der Waals surface area contributed by atoms with Gasteiger partial charge in [-0.05, 0) is 18.2 Å². The first-order chi connectivity index (χ1) is 5.65. The summed E-state index contributed by atoms with van der Waals surface area (Å²) in [6, 6.07) is 3.20. The molecule has 0 spiro atoms. The second kappa shape index (κ2) is 3.21. The zero-order valence-electron chi connectivity index (χ0n) is 6.47. The molecule has 0 saturated carbocycles. The highest BCUT2D eigenvalue weighted by Gasteiger charge is 2.09. The van der Waals surface area contributed by atoms with Crippen molar-refractivity contribution in [3.63, 3.8) is 0 Å². The fraction of sp³-hybridized carbons (Fsp3) is 0.125. The van der Waals surface area contributed by atoms with Crippen LogP contribution in [0, 0.1) is 5.82 Å². The molecular formula is C8H8FNO2. The molecule has 2 N–H and O–H groups in total. The normalized spacial score (nSPS) is 9.50. The Labute approximate surface area is 68.8 Å². The van der Waals surface area contributed by atoms with Gasteiger partial charge in [-0.15, -0.1) is 0 Å². The maximum Gasteiger partial charge on any atom is 0.254 e. The van der Waals surface area contributed by atoms with Crippen molar-refractivity contribution in [2.45, 2.75) is 0 Å². The average Bonchev–Trinajstić information content (AvgIpc) is 2.08. The van der Waals surface area contributed by atoms with E-state index < -0.39 is 11.7 Å². The van der Waals surface area contributed by atoms with E-state index in [1.165, 1.54) is 7.05 Å². The van der Waals surface area contributed by atoms with Gasteiger partial charge in [0, 0.05) is 7.05 Å². The standard InChI is InChI=1S/C8H8FNO2/c1-10-8(12)6-4-5(9)2-3-7(6)11/h2-4,11H,1H3,(H,10,12). The van der Waals surface area contributed by atoms with Crippen molar-refractivity contribution in [2.24, 2.45) is 0 Å².